The second kappa shape index (κ2) is 8.25. The van der Waals surface area contributed by atoms with Crippen molar-refractivity contribution in [2.75, 3.05) is 18.0 Å². The van der Waals surface area contributed by atoms with Crippen molar-refractivity contribution < 1.29 is 9.21 Å². The van der Waals surface area contributed by atoms with E-state index in [9.17, 15) is 4.79 Å². The summed E-state index contributed by atoms with van der Waals surface area (Å²) in [6.45, 7) is 3.82. The van der Waals surface area contributed by atoms with Crippen LogP contribution in [-0.2, 0) is 11.3 Å². The Kier molecular flexibility index (Phi) is 5.37. The van der Waals surface area contributed by atoms with Crippen molar-refractivity contribution in [3.8, 4) is 11.1 Å². The number of furan rings is 1. The highest BCUT2D eigenvalue weighted by atomic mass is 16.3. The summed E-state index contributed by atoms with van der Waals surface area (Å²) in [5, 5.41) is 2.98. The summed E-state index contributed by atoms with van der Waals surface area (Å²) in [6.07, 6.45) is 5.52. The third-order valence-electron chi connectivity index (χ3n) is 5.05. The molecular weight excluding hydrogens is 352 g/mol. The number of amides is 1. The summed E-state index contributed by atoms with van der Waals surface area (Å²) in [6, 6.07) is 13.9. The Morgan fingerprint density at radius 3 is 2.64 bits per heavy atom. The molecule has 6 heteroatoms. The fraction of sp³-hybridized carbons (Fsp3) is 0.318. The predicted molar refractivity (Wildman–Crippen MR) is 108 cm³/mol. The van der Waals surface area contributed by atoms with Crippen LogP contribution >= 0.6 is 0 Å². The van der Waals surface area contributed by atoms with Crippen molar-refractivity contribution in [2.45, 2.75) is 26.3 Å². The molecule has 3 aromatic rings. The van der Waals surface area contributed by atoms with E-state index in [1.807, 2.05) is 61.8 Å². The number of hydrogen-bond donors (Lipinski definition) is 1. The van der Waals surface area contributed by atoms with Crippen LogP contribution in [-0.4, -0.2) is 29.0 Å². The van der Waals surface area contributed by atoms with E-state index in [2.05, 4.69) is 20.2 Å². The molecule has 1 aromatic carbocycles. The Hall–Kier alpha value is -3.15. The lowest BCUT2D eigenvalue weighted by Gasteiger charge is -2.32. The smallest absolute Gasteiger partial charge is 0.225 e. The molecule has 1 unspecified atom stereocenters. The van der Waals surface area contributed by atoms with E-state index in [1.165, 1.54) is 0 Å². The molecule has 4 rings (SSSR count). The van der Waals surface area contributed by atoms with Crippen molar-refractivity contribution >= 4 is 11.9 Å². The van der Waals surface area contributed by atoms with Gasteiger partial charge in [-0.1, -0.05) is 30.3 Å². The monoisotopic (exact) mass is 376 g/mol. The van der Waals surface area contributed by atoms with Crippen LogP contribution in [0.15, 0.2) is 59.3 Å². The average molecular weight is 376 g/mol. The quantitative estimate of drug-likeness (QED) is 0.737. The van der Waals surface area contributed by atoms with Crippen LogP contribution in [0, 0.1) is 12.8 Å². The summed E-state index contributed by atoms with van der Waals surface area (Å²) in [5.41, 5.74) is 2.09. The van der Waals surface area contributed by atoms with Gasteiger partial charge in [-0.15, -0.1) is 0 Å². The maximum absolute atomic E-state index is 12.6. The van der Waals surface area contributed by atoms with Crippen LogP contribution in [0.2, 0.25) is 0 Å². The number of hydrogen-bond acceptors (Lipinski definition) is 5. The number of piperidine rings is 1. The van der Waals surface area contributed by atoms with Crippen LogP contribution in [0.25, 0.3) is 11.1 Å². The zero-order chi connectivity index (χ0) is 19.3. The summed E-state index contributed by atoms with van der Waals surface area (Å²) in [4.78, 5) is 23.7. The number of anilines is 1. The Morgan fingerprint density at radius 1 is 1.14 bits per heavy atom. The molecule has 0 spiro atoms. The molecule has 2 aromatic heterocycles. The van der Waals surface area contributed by atoms with E-state index in [0.717, 1.165) is 42.0 Å². The van der Waals surface area contributed by atoms with Crippen molar-refractivity contribution in [1.29, 1.82) is 0 Å². The highest BCUT2D eigenvalue weighted by Crippen LogP contribution is 2.23. The molecule has 0 radical (unpaired) electrons. The van der Waals surface area contributed by atoms with E-state index >= 15 is 0 Å². The van der Waals surface area contributed by atoms with Gasteiger partial charge in [0.1, 0.15) is 11.5 Å². The molecule has 3 heterocycles. The fourth-order valence-electron chi connectivity index (χ4n) is 3.54. The third-order valence-corrected chi connectivity index (χ3v) is 5.05. The molecule has 0 aliphatic carbocycles. The first-order valence-electron chi connectivity index (χ1n) is 9.64. The van der Waals surface area contributed by atoms with Crippen molar-refractivity contribution in [2.24, 2.45) is 5.92 Å². The molecule has 28 heavy (non-hydrogen) atoms. The number of carbonyl (C=O) groups is 1. The van der Waals surface area contributed by atoms with E-state index < -0.39 is 0 Å². The molecule has 6 nitrogen and oxygen atoms in total. The zero-order valence-corrected chi connectivity index (χ0v) is 16.0. The van der Waals surface area contributed by atoms with Crippen molar-refractivity contribution in [1.82, 2.24) is 15.3 Å². The molecule has 1 aliphatic heterocycles. The summed E-state index contributed by atoms with van der Waals surface area (Å²) >= 11 is 0. The molecule has 0 saturated carbocycles. The van der Waals surface area contributed by atoms with Gasteiger partial charge in [-0.3, -0.25) is 4.79 Å². The Morgan fingerprint density at radius 2 is 1.93 bits per heavy atom. The Labute approximate surface area is 164 Å². The summed E-state index contributed by atoms with van der Waals surface area (Å²) in [5.74, 6) is 2.29. The second-order valence-corrected chi connectivity index (χ2v) is 7.15. The maximum Gasteiger partial charge on any atom is 0.225 e. The van der Waals surface area contributed by atoms with Gasteiger partial charge in [-0.25, -0.2) is 9.97 Å². The molecule has 0 bridgehead atoms. The largest absolute Gasteiger partial charge is 0.465 e. The summed E-state index contributed by atoms with van der Waals surface area (Å²) < 4.78 is 5.51. The number of carbonyl (C=O) groups excluding carboxylic acids is 1. The SMILES string of the molecule is Cc1ccc(CNC(=O)C2CCCN(c3ncc(-c4ccccc4)cn3)C2)o1. The minimum absolute atomic E-state index is 0.0552. The number of benzene rings is 1. The van der Waals surface area contributed by atoms with Crippen LogP contribution < -0.4 is 10.2 Å². The fourth-order valence-corrected chi connectivity index (χ4v) is 3.54. The maximum atomic E-state index is 12.6. The van der Waals surface area contributed by atoms with Gasteiger partial charge in [0.2, 0.25) is 11.9 Å². The van der Waals surface area contributed by atoms with E-state index in [4.69, 9.17) is 4.42 Å². The minimum Gasteiger partial charge on any atom is -0.465 e. The standard InChI is InChI=1S/C22H24N4O2/c1-16-9-10-20(28-16)14-23-21(27)18-8-5-11-26(15-18)22-24-12-19(13-25-22)17-6-3-2-4-7-17/h2-4,6-7,9-10,12-13,18H,5,8,11,14-15H2,1H3,(H,23,27). The van der Waals surface area contributed by atoms with Crippen LogP contribution in [0.4, 0.5) is 5.95 Å². The van der Waals surface area contributed by atoms with Crippen molar-refractivity contribution in [3.05, 3.63) is 66.4 Å². The Bertz CT molecular complexity index is 921. The van der Waals surface area contributed by atoms with Crippen LogP contribution in [0.5, 0.6) is 0 Å². The molecule has 1 fully saturated rings. The lowest BCUT2D eigenvalue weighted by molar-refractivity contribution is -0.125. The van der Waals surface area contributed by atoms with E-state index in [1.54, 1.807) is 0 Å². The van der Waals surface area contributed by atoms with Gasteiger partial charge in [0.15, 0.2) is 0 Å². The highest BCUT2D eigenvalue weighted by molar-refractivity contribution is 5.79. The number of aryl methyl sites for hydroxylation is 1. The van der Waals surface area contributed by atoms with Gasteiger partial charge in [-0.05, 0) is 37.5 Å². The second-order valence-electron chi connectivity index (χ2n) is 7.15. The molecule has 1 saturated heterocycles. The molecule has 1 N–H and O–H groups in total. The lowest BCUT2D eigenvalue weighted by atomic mass is 9.97. The first-order valence-corrected chi connectivity index (χ1v) is 9.64. The molecule has 1 aliphatic rings. The van der Waals surface area contributed by atoms with Gasteiger partial charge in [0.25, 0.3) is 0 Å². The number of nitrogens with one attached hydrogen (secondary N) is 1. The average Bonchev–Trinajstić information content (AvgIpc) is 3.18. The summed E-state index contributed by atoms with van der Waals surface area (Å²) in [7, 11) is 0. The van der Waals surface area contributed by atoms with Gasteiger partial charge in [0.05, 0.1) is 12.5 Å². The van der Waals surface area contributed by atoms with Gasteiger partial charge in [-0.2, -0.15) is 0 Å². The molecular formula is C22H24N4O2. The zero-order valence-electron chi connectivity index (χ0n) is 16.0. The van der Waals surface area contributed by atoms with Gasteiger partial charge >= 0.3 is 0 Å². The number of rotatable bonds is 5. The lowest BCUT2D eigenvalue weighted by Crippen LogP contribution is -2.43. The van der Waals surface area contributed by atoms with E-state index in [-0.39, 0.29) is 11.8 Å². The first kappa shape index (κ1) is 18.2. The first-order chi connectivity index (χ1) is 13.7. The topological polar surface area (TPSA) is 71.3 Å². The minimum atomic E-state index is -0.0674. The number of nitrogens with zero attached hydrogens (tertiary/aromatic N) is 3. The molecule has 144 valence electrons. The Balaban J connectivity index is 1.37. The molecule has 1 amide bonds. The number of aromatic nitrogens is 2. The normalized spacial score (nSPS) is 16.8. The molecule has 1 atom stereocenters. The van der Waals surface area contributed by atoms with E-state index in [0.29, 0.717) is 19.0 Å². The van der Waals surface area contributed by atoms with Crippen LogP contribution in [0.1, 0.15) is 24.4 Å². The van der Waals surface area contributed by atoms with Crippen molar-refractivity contribution in [3.63, 3.8) is 0 Å². The van der Waals surface area contributed by atoms with Crippen LogP contribution in [0.3, 0.4) is 0 Å². The van der Waals surface area contributed by atoms with Gasteiger partial charge in [0, 0.05) is 31.0 Å². The highest BCUT2D eigenvalue weighted by Gasteiger charge is 2.27. The predicted octanol–water partition coefficient (Wildman–Crippen LogP) is 3.58. The van der Waals surface area contributed by atoms with Gasteiger partial charge < -0.3 is 14.6 Å². The third kappa shape index (κ3) is 4.22.